The first-order valence-corrected chi connectivity index (χ1v) is 7.42. The highest BCUT2D eigenvalue weighted by Crippen LogP contribution is 2.50. The van der Waals surface area contributed by atoms with E-state index in [2.05, 4.69) is 20.8 Å². The highest BCUT2D eigenvalue weighted by molar-refractivity contribution is 5.94. The molecular weight excluding hydrogens is 240 g/mol. The second-order valence-corrected chi connectivity index (χ2v) is 6.05. The minimum Gasteiger partial charge on any atom is -0.480 e. The van der Waals surface area contributed by atoms with Crippen LogP contribution < -0.4 is 0 Å². The molecule has 0 amide bonds. The Bertz CT molecular complexity index is 384. The van der Waals surface area contributed by atoms with Crippen LogP contribution in [0.3, 0.4) is 0 Å². The zero-order valence-corrected chi connectivity index (χ0v) is 12.8. The number of aliphatic imine (C=N–C) groups is 2. The first kappa shape index (κ1) is 14.4. The summed E-state index contributed by atoms with van der Waals surface area (Å²) in [6.07, 6.45) is 2.39. The van der Waals surface area contributed by atoms with Gasteiger partial charge in [0.15, 0.2) is 0 Å². The van der Waals surface area contributed by atoms with E-state index < -0.39 is 0 Å². The Morgan fingerprint density at radius 2 is 1.68 bits per heavy atom. The number of rotatable bonds is 4. The molecule has 2 aliphatic rings. The zero-order valence-electron chi connectivity index (χ0n) is 12.8. The largest absolute Gasteiger partial charge is 0.480 e. The number of hydrogen-bond donors (Lipinski definition) is 0. The van der Waals surface area contributed by atoms with Crippen molar-refractivity contribution in [2.24, 2.45) is 21.3 Å². The van der Waals surface area contributed by atoms with E-state index in [0.717, 1.165) is 11.8 Å². The van der Waals surface area contributed by atoms with Crippen LogP contribution in [0.15, 0.2) is 9.98 Å². The summed E-state index contributed by atoms with van der Waals surface area (Å²) in [6.45, 7) is 11.8. The summed E-state index contributed by atoms with van der Waals surface area (Å²) >= 11 is 0. The van der Waals surface area contributed by atoms with Crippen molar-refractivity contribution in [2.75, 3.05) is 13.2 Å². The van der Waals surface area contributed by atoms with Gasteiger partial charge in [0, 0.05) is 0 Å². The van der Waals surface area contributed by atoms with Crippen molar-refractivity contribution in [3.05, 3.63) is 0 Å². The smallest absolute Gasteiger partial charge is 0.210 e. The Balaban J connectivity index is 2.28. The summed E-state index contributed by atoms with van der Waals surface area (Å²) in [6, 6.07) is 0.0455. The molecule has 2 rings (SSSR count). The van der Waals surface area contributed by atoms with Gasteiger partial charge in [0.2, 0.25) is 11.8 Å². The molecule has 4 heteroatoms. The SMILES string of the molecule is CCOC1=N[C@H](C(C)C)C(OCC)=N[C@H]1C1(C)CC1. The maximum atomic E-state index is 5.76. The van der Waals surface area contributed by atoms with Crippen molar-refractivity contribution < 1.29 is 9.47 Å². The van der Waals surface area contributed by atoms with Gasteiger partial charge < -0.3 is 9.47 Å². The lowest BCUT2D eigenvalue weighted by atomic mass is 9.95. The van der Waals surface area contributed by atoms with Gasteiger partial charge in [-0.25, -0.2) is 9.98 Å². The van der Waals surface area contributed by atoms with Crippen LogP contribution in [0.4, 0.5) is 0 Å². The molecule has 1 aliphatic heterocycles. The molecule has 108 valence electrons. The highest BCUT2D eigenvalue weighted by atomic mass is 16.5. The fraction of sp³-hybridized carbons (Fsp3) is 0.867. The van der Waals surface area contributed by atoms with E-state index in [0.29, 0.717) is 19.1 Å². The van der Waals surface area contributed by atoms with Crippen molar-refractivity contribution in [1.82, 2.24) is 0 Å². The van der Waals surface area contributed by atoms with Gasteiger partial charge >= 0.3 is 0 Å². The van der Waals surface area contributed by atoms with Crippen LogP contribution in [-0.4, -0.2) is 37.1 Å². The standard InChI is InChI=1S/C15H26N2O2/c1-6-18-13-11(10(3)4)16-14(19-7-2)12(17-13)15(5)8-9-15/h10-12H,6-9H2,1-5H3/t11-,12-/m1/s1. The molecule has 4 nitrogen and oxygen atoms in total. The summed E-state index contributed by atoms with van der Waals surface area (Å²) in [5.74, 6) is 1.97. The molecule has 0 N–H and O–H groups in total. The Morgan fingerprint density at radius 3 is 2.16 bits per heavy atom. The van der Waals surface area contributed by atoms with E-state index in [-0.39, 0.29) is 17.5 Å². The molecule has 2 atom stereocenters. The van der Waals surface area contributed by atoms with Crippen molar-refractivity contribution in [3.8, 4) is 0 Å². The van der Waals surface area contributed by atoms with Gasteiger partial charge in [0.25, 0.3) is 0 Å². The molecule has 1 fully saturated rings. The van der Waals surface area contributed by atoms with Crippen LogP contribution in [0.25, 0.3) is 0 Å². The van der Waals surface area contributed by atoms with Crippen LogP contribution in [0, 0.1) is 11.3 Å². The maximum absolute atomic E-state index is 5.76. The normalized spacial score (nSPS) is 28.7. The van der Waals surface area contributed by atoms with E-state index in [1.807, 2.05) is 13.8 Å². The third-order valence-corrected chi connectivity index (χ3v) is 3.92. The Morgan fingerprint density at radius 1 is 1.11 bits per heavy atom. The first-order chi connectivity index (χ1) is 9.01. The minimum atomic E-state index is 0.0000926. The van der Waals surface area contributed by atoms with Crippen LogP contribution in [0.1, 0.15) is 47.5 Å². The molecular formula is C15H26N2O2. The van der Waals surface area contributed by atoms with E-state index in [4.69, 9.17) is 19.5 Å². The molecule has 0 saturated heterocycles. The van der Waals surface area contributed by atoms with Crippen LogP contribution in [0.2, 0.25) is 0 Å². The van der Waals surface area contributed by atoms with Crippen LogP contribution >= 0.6 is 0 Å². The summed E-state index contributed by atoms with van der Waals surface area (Å²) in [7, 11) is 0. The molecule has 0 unspecified atom stereocenters. The number of hydrogen-bond acceptors (Lipinski definition) is 4. The quantitative estimate of drug-likeness (QED) is 0.785. The Kier molecular flexibility index (Phi) is 4.16. The molecule has 0 aromatic rings. The van der Waals surface area contributed by atoms with E-state index in [1.165, 1.54) is 12.8 Å². The summed E-state index contributed by atoms with van der Waals surface area (Å²) in [5, 5.41) is 0. The minimum absolute atomic E-state index is 0.0000926. The van der Waals surface area contributed by atoms with Gasteiger partial charge in [-0.15, -0.1) is 0 Å². The molecule has 0 spiro atoms. The predicted octanol–water partition coefficient (Wildman–Crippen LogP) is 3.06. The van der Waals surface area contributed by atoms with E-state index in [1.54, 1.807) is 0 Å². The molecule has 1 saturated carbocycles. The molecule has 0 aromatic heterocycles. The average molecular weight is 266 g/mol. The van der Waals surface area contributed by atoms with Gasteiger partial charge in [-0.1, -0.05) is 20.8 Å². The lowest BCUT2D eigenvalue weighted by Crippen LogP contribution is -2.41. The van der Waals surface area contributed by atoms with E-state index >= 15 is 0 Å². The van der Waals surface area contributed by atoms with Crippen LogP contribution in [0.5, 0.6) is 0 Å². The Labute approximate surface area is 116 Å². The van der Waals surface area contributed by atoms with Gasteiger partial charge in [0.05, 0.1) is 13.2 Å². The molecule has 1 heterocycles. The van der Waals surface area contributed by atoms with Crippen molar-refractivity contribution >= 4 is 11.8 Å². The highest BCUT2D eigenvalue weighted by Gasteiger charge is 2.50. The van der Waals surface area contributed by atoms with Crippen LogP contribution in [-0.2, 0) is 9.47 Å². The topological polar surface area (TPSA) is 43.2 Å². The molecule has 1 aliphatic carbocycles. The fourth-order valence-corrected chi connectivity index (χ4v) is 2.42. The van der Waals surface area contributed by atoms with Gasteiger partial charge in [0.1, 0.15) is 12.1 Å². The second kappa shape index (κ2) is 5.51. The van der Waals surface area contributed by atoms with Crippen molar-refractivity contribution in [1.29, 1.82) is 0 Å². The summed E-state index contributed by atoms with van der Waals surface area (Å²) in [4.78, 5) is 9.64. The molecule has 0 aromatic carbocycles. The average Bonchev–Trinajstić information content (AvgIpc) is 3.10. The summed E-state index contributed by atoms with van der Waals surface area (Å²) in [5.41, 5.74) is 0.221. The summed E-state index contributed by atoms with van der Waals surface area (Å²) < 4.78 is 11.5. The zero-order chi connectivity index (χ0) is 14.0. The van der Waals surface area contributed by atoms with Crippen molar-refractivity contribution in [3.63, 3.8) is 0 Å². The number of nitrogens with zero attached hydrogens (tertiary/aromatic N) is 2. The van der Waals surface area contributed by atoms with E-state index in [9.17, 15) is 0 Å². The lowest BCUT2D eigenvalue weighted by molar-refractivity contribution is 0.263. The molecule has 0 bridgehead atoms. The monoisotopic (exact) mass is 266 g/mol. The molecule has 0 radical (unpaired) electrons. The fourth-order valence-electron chi connectivity index (χ4n) is 2.42. The lowest BCUT2D eigenvalue weighted by Gasteiger charge is -2.30. The van der Waals surface area contributed by atoms with Gasteiger partial charge in [-0.05, 0) is 38.0 Å². The molecule has 19 heavy (non-hydrogen) atoms. The second-order valence-electron chi connectivity index (χ2n) is 6.05. The Hall–Kier alpha value is -1.06. The number of ether oxygens (including phenoxy) is 2. The maximum Gasteiger partial charge on any atom is 0.210 e. The van der Waals surface area contributed by atoms with Gasteiger partial charge in [-0.2, -0.15) is 0 Å². The third kappa shape index (κ3) is 2.93. The predicted molar refractivity (Wildman–Crippen MR) is 77.9 cm³/mol. The first-order valence-electron chi connectivity index (χ1n) is 7.42. The van der Waals surface area contributed by atoms with Gasteiger partial charge in [-0.3, -0.25) is 0 Å². The third-order valence-electron chi connectivity index (χ3n) is 3.92. The van der Waals surface area contributed by atoms with Crippen molar-refractivity contribution in [2.45, 2.75) is 59.5 Å².